The van der Waals surface area contributed by atoms with Crippen molar-refractivity contribution in [1.82, 2.24) is 10.2 Å². The van der Waals surface area contributed by atoms with Gasteiger partial charge in [0, 0.05) is 12.6 Å². The van der Waals surface area contributed by atoms with Crippen LogP contribution in [0.15, 0.2) is 0 Å². The summed E-state index contributed by atoms with van der Waals surface area (Å²) in [4.78, 5) is 13.9. The first-order chi connectivity index (χ1) is 9.37. The highest BCUT2D eigenvalue weighted by atomic mass is 16.4. The highest BCUT2D eigenvalue weighted by Crippen LogP contribution is 2.25. The lowest BCUT2D eigenvalue weighted by Crippen LogP contribution is -2.50. The number of hydrogen-bond donors (Lipinski definition) is 2. The number of aliphatic carboxylic acids is 1. The van der Waals surface area contributed by atoms with E-state index in [1.807, 2.05) is 6.92 Å². The summed E-state index contributed by atoms with van der Waals surface area (Å²) in [6.45, 7) is 11.8. The minimum Gasteiger partial charge on any atom is -0.480 e. The van der Waals surface area contributed by atoms with Crippen LogP contribution in [-0.2, 0) is 4.79 Å². The van der Waals surface area contributed by atoms with Crippen molar-refractivity contribution in [1.29, 1.82) is 0 Å². The number of carboxylic acids is 1. The van der Waals surface area contributed by atoms with Gasteiger partial charge in [0.25, 0.3) is 0 Å². The first-order valence-corrected chi connectivity index (χ1v) is 8.11. The molecule has 0 aliphatic heterocycles. The molecule has 1 atom stereocenters. The predicted octanol–water partition coefficient (Wildman–Crippen LogP) is 2.73. The number of nitrogens with zero attached hydrogens (tertiary/aromatic N) is 1. The van der Waals surface area contributed by atoms with E-state index < -0.39 is 11.5 Å². The van der Waals surface area contributed by atoms with E-state index in [1.165, 1.54) is 0 Å². The average Bonchev–Trinajstić information content (AvgIpc) is 3.16. The van der Waals surface area contributed by atoms with Crippen LogP contribution in [0, 0.1) is 5.92 Å². The Balaban J connectivity index is 2.27. The maximum absolute atomic E-state index is 11.4. The monoisotopic (exact) mass is 284 g/mol. The molecule has 0 aromatic heterocycles. The lowest BCUT2D eigenvalue weighted by Gasteiger charge is -2.27. The number of hydrogen-bond acceptors (Lipinski definition) is 3. The Bertz CT molecular complexity index is 303. The molecule has 4 nitrogen and oxygen atoms in total. The van der Waals surface area contributed by atoms with E-state index in [0.717, 1.165) is 51.7 Å². The molecule has 0 saturated heterocycles. The molecule has 0 spiro atoms. The number of carbonyl (C=O) groups is 1. The summed E-state index contributed by atoms with van der Waals surface area (Å²) in [7, 11) is 0. The second-order valence-corrected chi connectivity index (χ2v) is 6.80. The zero-order chi connectivity index (χ0) is 15.2. The Morgan fingerprint density at radius 3 is 2.50 bits per heavy atom. The van der Waals surface area contributed by atoms with Gasteiger partial charge in [0.1, 0.15) is 5.54 Å². The third-order valence-corrected chi connectivity index (χ3v) is 4.04. The van der Waals surface area contributed by atoms with Crippen molar-refractivity contribution in [2.45, 2.75) is 71.4 Å². The highest BCUT2D eigenvalue weighted by molar-refractivity contribution is 5.78. The molecule has 4 heteroatoms. The van der Waals surface area contributed by atoms with Gasteiger partial charge < -0.3 is 10.0 Å². The summed E-state index contributed by atoms with van der Waals surface area (Å²) < 4.78 is 0. The second kappa shape index (κ2) is 7.99. The standard InChI is InChI=1S/C16H32N2O2/c1-5-18(12-13(2)3)11-7-6-10-16(4,15(19)20)17-14-8-9-14/h13-14,17H,5-12H2,1-4H3,(H,19,20). The van der Waals surface area contributed by atoms with E-state index in [2.05, 4.69) is 31.0 Å². The van der Waals surface area contributed by atoms with Gasteiger partial charge in [0.05, 0.1) is 0 Å². The number of unbranched alkanes of at least 4 members (excludes halogenated alkanes) is 1. The molecule has 1 aliphatic carbocycles. The highest BCUT2D eigenvalue weighted by Gasteiger charge is 2.37. The molecule has 1 fully saturated rings. The lowest BCUT2D eigenvalue weighted by molar-refractivity contribution is -0.144. The molecule has 0 aromatic carbocycles. The maximum atomic E-state index is 11.4. The minimum atomic E-state index is -0.740. The van der Waals surface area contributed by atoms with Crippen LogP contribution in [0.3, 0.4) is 0 Å². The lowest BCUT2D eigenvalue weighted by atomic mass is 9.94. The van der Waals surface area contributed by atoms with Gasteiger partial charge in [-0.25, -0.2) is 0 Å². The van der Waals surface area contributed by atoms with Crippen LogP contribution in [0.5, 0.6) is 0 Å². The van der Waals surface area contributed by atoms with Gasteiger partial charge in [-0.15, -0.1) is 0 Å². The maximum Gasteiger partial charge on any atom is 0.323 e. The van der Waals surface area contributed by atoms with E-state index in [0.29, 0.717) is 12.0 Å². The first-order valence-electron chi connectivity index (χ1n) is 8.11. The van der Waals surface area contributed by atoms with Crippen LogP contribution < -0.4 is 5.32 Å². The van der Waals surface area contributed by atoms with E-state index >= 15 is 0 Å². The molecule has 20 heavy (non-hydrogen) atoms. The zero-order valence-electron chi connectivity index (χ0n) is 13.6. The van der Waals surface area contributed by atoms with Crippen molar-refractivity contribution in [3.8, 4) is 0 Å². The van der Waals surface area contributed by atoms with Crippen molar-refractivity contribution in [3.63, 3.8) is 0 Å². The van der Waals surface area contributed by atoms with Crippen LogP contribution >= 0.6 is 0 Å². The largest absolute Gasteiger partial charge is 0.480 e. The Morgan fingerprint density at radius 2 is 2.05 bits per heavy atom. The Kier molecular flexibility index (Phi) is 6.96. The van der Waals surface area contributed by atoms with Gasteiger partial charge in [-0.3, -0.25) is 10.1 Å². The van der Waals surface area contributed by atoms with Crippen molar-refractivity contribution < 1.29 is 9.90 Å². The number of nitrogens with one attached hydrogen (secondary N) is 1. The number of rotatable bonds is 11. The fourth-order valence-corrected chi connectivity index (χ4v) is 2.63. The molecule has 1 aliphatic rings. The second-order valence-electron chi connectivity index (χ2n) is 6.80. The SMILES string of the molecule is CCN(CCCCC(C)(NC1CC1)C(=O)O)CC(C)C. The molecule has 0 heterocycles. The van der Waals surface area contributed by atoms with Gasteiger partial charge in [-0.1, -0.05) is 20.8 Å². The van der Waals surface area contributed by atoms with Gasteiger partial charge >= 0.3 is 5.97 Å². The fraction of sp³-hybridized carbons (Fsp3) is 0.938. The molecule has 0 radical (unpaired) electrons. The van der Waals surface area contributed by atoms with Crippen LogP contribution in [0.1, 0.15) is 59.8 Å². The van der Waals surface area contributed by atoms with Gasteiger partial charge in [0.15, 0.2) is 0 Å². The Morgan fingerprint density at radius 1 is 1.40 bits per heavy atom. The van der Waals surface area contributed by atoms with Crippen molar-refractivity contribution >= 4 is 5.97 Å². The summed E-state index contributed by atoms with van der Waals surface area (Å²) in [6, 6.07) is 0.434. The van der Waals surface area contributed by atoms with Crippen LogP contribution in [-0.4, -0.2) is 47.2 Å². The smallest absolute Gasteiger partial charge is 0.323 e. The average molecular weight is 284 g/mol. The molecule has 1 rings (SSSR count). The summed E-state index contributed by atoms with van der Waals surface area (Å²) in [5, 5.41) is 12.7. The number of carboxylic acid groups (broad SMARTS) is 1. The first kappa shape index (κ1) is 17.4. The molecule has 0 amide bonds. The third-order valence-electron chi connectivity index (χ3n) is 4.04. The minimum absolute atomic E-state index is 0.434. The van der Waals surface area contributed by atoms with Crippen molar-refractivity contribution in [2.24, 2.45) is 5.92 Å². The molecular formula is C16H32N2O2. The zero-order valence-corrected chi connectivity index (χ0v) is 13.6. The normalized spacial score (nSPS) is 18.5. The Labute approximate surface area is 123 Å². The van der Waals surface area contributed by atoms with E-state index in [1.54, 1.807) is 0 Å². The molecule has 1 saturated carbocycles. The van der Waals surface area contributed by atoms with Crippen LogP contribution in [0.4, 0.5) is 0 Å². The topological polar surface area (TPSA) is 52.6 Å². The third kappa shape index (κ3) is 6.23. The predicted molar refractivity (Wildman–Crippen MR) is 83.0 cm³/mol. The summed E-state index contributed by atoms with van der Waals surface area (Å²) in [5.74, 6) is -0.0188. The molecule has 118 valence electrons. The van der Waals surface area contributed by atoms with E-state index in [-0.39, 0.29) is 0 Å². The summed E-state index contributed by atoms with van der Waals surface area (Å²) in [5.41, 5.74) is -0.740. The Hall–Kier alpha value is -0.610. The summed E-state index contributed by atoms with van der Waals surface area (Å²) in [6.07, 6.45) is 5.02. The van der Waals surface area contributed by atoms with Crippen molar-refractivity contribution in [3.05, 3.63) is 0 Å². The fourth-order valence-electron chi connectivity index (χ4n) is 2.63. The summed E-state index contributed by atoms with van der Waals surface area (Å²) >= 11 is 0. The van der Waals surface area contributed by atoms with Gasteiger partial charge in [-0.05, 0) is 58.0 Å². The van der Waals surface area contributed by atoms with Gasteiger partial charge in [-0.2, -0.15) is 0 Å². The molecule has 2 N–H and O–H groups in total. The molecule has 0 bridgehead atoms. The molecule has 1 unspecified atom stereocenters. The van der Waals surface area contributed by atoms with Crippen LogP contribution in [0.2, 0.25) is 0 Å². The molecule has 0 aromatic rings. The quantitative estimate of drug-likeness (QED) is 0.573. The molecular weight excluding hydrogens is 252 g/mol. The van der Waals surface area contributed by atoms with Gasteiger partial charge in [0.2, 0.25) is 0 Å². The van der Waals surface area contributed by atoms with Crippen LogP contribution in [0.25, 0.3) is 0 Å². The van der Waals surface area contributed by atoms with E-state index in [4.69, 9.17) is 0 Å². The van der Waals surface area contributed by atoms with Crippen molar-refractivity contribution in [2.75, 3.05) is 19.6 Å². The van der Waals surface area contributed by atoms with E-state index in [9.17, 15) is 9.90 Å².